The molecule has 1 aromatic rings. The average molecular weight is 210 g/mol. The fourth-order valence-electron chi connectivity index (χ4n) is 1.43. The molecule has 1 heterocycles. The van der Waals surface area contributed by atoms with Crippen molar-refractivity contribution >= 4 is 11.8 Å². The van der Waals surface area contributed by atoms with Crippen molar-refractivity contribution in [1.29, 1.82) is 0 Å². The lowest BCUT2D eigenvalue weighted by atomic mass is 10.4. The molecular formula is C10H18N4O. The summed E-state index contributed by atoms with van der Waals surface area (Å²) >= 11 is 0. The third-order valence-corrected chi connectivity index (χ3v) is 2.29. The lowest BCUT2D eigenvalue weighted by Crippen LogP contribution is -2.35. The fraction of sp³-hybridized carbons (Fsp3) is 0.600. The van der Waals surface area contributed by atoms with Crippen LogP contribution >= 0.6 is 0 Å². The molecule has 0 atom stereocenters. The standard InChI is InChI=1S/C10H18N4O/c1-5-14(6-2)10(15)11-9-7-8(3)12-13(9)4/h7H,5-6H2,1-4H3,(H,11,15). The second-order valence-electron chi connectivity index (χ2n) is 3.40. The quantitative estimate of drug-likeness (QED) is 0.823. The van der Waals surface area contributed by atoms with Gasteiger partial charge in [-0.1, -0.05) is 0 Å². The maximum atomic E-state index is 11.7. The summed E-state index contributed by atoms with van der Waals surface area (Å²) in [6.07, 6.45) is 0. The zero-order valence-electron chi connectivity index (χ0n) is 9.74. The molecule has 0 aliphatic heterocycles. The van der Waals surface area contributed by atoms with Gasteiger partial charge in [-0.3, -0.25) is 10.00 Å². The number of rotatable bonds is 3. The van der Waals surface area contributed by atoms with Gasteiger partial charge in [-0.15, -0.1) is 0 Å². The smallest absolute Gasteiger partial charge is 0.322 e. The van der Waals surface area contributed by atoms with Crippen LogP contribution in [0.5, 0.6) is 0 Å². The number of carbonyl (C=O) groups is 1. The van der Waals surface area contributed by atoms with Crippen LogP contribution in [0.25, 0.3) is 0 Å². The molecule has 0 unspecified atom stereocenters. The van der Waals surface area contributed by atoms with Crippen LogP contribution in [-0.2, 0) is 7.05 Å². The van der Waals surface area contributed by atoms with Crippen LogP contribution in [0.2, 0.25) is 0 Å². The van der Waals surface area contributed by atoms with E-state index in [4.69, 9.17) is 0 Å². The van der Waals surface area contributed by atoms with Gasteiger partial charge in [0.05, 0.1) is 5.69 Å². The van der Waals surface area contributed by atoms with Gasteiger partial charge in [0.1, 0.15) is 5.82 Å². The highest BCUT2D eigenvalue weighted by molar-refractivity contribution is 5.88. The summed E-state index contributed by atoms with van der Waals surface area (Å²) in [6, 6.07) is 1.77. The van der Waals surface area contributed by atoms with Gasteiger partial charge in [-0.2, -0.15) is 5.10 Å². The highest BCUT2D eigenvalue weighted by Crippen LogP contribution is 2.08. The summed E-state index contributed by atoms with van der Waals surface area (Å²) < 4.78 is 1.66. The summed E-state index contributed by atoms with van der Waals surface area (Å²) in [5.41, 5.74) is 0.896. The molecule has 0 fully saturated rings. The summed E-state index contributed by atoms with van der Waals surface area (Å²) in [5.74, 6) is 0.726. The first kappa shape index (κ1) is 11.6. The Balaban J connectivity index is 2.69. The average Bonchev–Trinajstić information content (AvgIpc) is 2.47. The normalized spacial score (nSPS) is 10.1. The van der Waals surface area contributed by atoms with Gasteiger partial charge in [0.15, 0.2) is 0 Å². The number of aryl methyl sites for hydroxylation is 2. The van der Waals surface area contributed by atoms with E-state index < -0.39 is 0 Å². The molecule has 5 heteroatoms. The minimum Gasteiger partial charge on any atom is -0.325 e. The minimum absolute atomic E-state index is 0.0806. The Morgan fingerprint density at radius 1 is 1.53 bits per heavy atom. The summed E-state index contributed by atoms with van der Waals surface area (Å²) in [7, 11) is 1.81. The molecule has 0 aromatic carbocycles. The van der Waals surface area contributed by atoms with E-state index in [1.54, 1.807) is 9.58 Å². The van der Waals surface area contributed by atoms with Crippen LogP contribution in [0.4, 0.5) is 10.6 Å². The van der Waals surface area contributed by atoms with Crippen molar-refractivity contribution in [1.82, 2.24) is 14.7 Å². The third-order valence-electron chi connectivity index (χ3n) is 2.29. The molecule has 1 N–H and O–H groups in total. The molecule has 0 aliphatic carbocycles. The SMILES string of the molecule is CCN(CC)C(=O)Nc1cc(C)nn1C. The topological polar surface area (TPSA) is 50.2 Å². The summed E-state index contributed by atoms with van der Waals surface area (Å²) in [5, 5.41) is 6.98. The fourth-order valence-corrected chi connectivity index (χ4v) is 1.43. The Morgan fingerprint density at radius 3 is 2.53 bits per heavy atom. The number of nitrogens with one attached hydrogen (secondary N) is 1. The van der Waals surface area contributed by atoms with Crippen molar-refractivity contribution in [2.75, 3.05) is 18.4 Å². The van der Waals surface area contributed by atoms with Gasteiger partial charge in [-0.25, -0.2) is 4.79 Å². The third kappa shape index (κ3) is 2.71. The lowest BCUT2D eigenvalue weighted by Gasteiger charge is -2.18. The first-order chi connectivity index (χ1) is 7.08. The monoisotopic (exact) mass is 210 g/mol. The predicted octanol–water partition coefficient (Wildman–Crippen LogP) is 1.60. The zero-order chi connectivity index (χ0) is 11.4. The van der Waals surface area contributed by atoms with E-state index in [1.807, 2.05) is 33.9 Å². The highest BCUT2D eigenvalue weighted by Gasteiger charge is 2.11. The van der Waals surface area contributed by atoms with Crippen LogP contribution < -0.4 is 5.32 Å². The molecule has 1 aromatic heterocycles. The summed E-state index contributed by atoms with van der Waals surface area (Å²) in [6.45, 7) is 7.22. The molecule has 0 bridgehead atoms. The molecule has 1 rings (SSSR count). The van der Waals surface area contributed by atoms with E-state index in [9.17, 15) is 4.79 Å². The van der Waals surface area contributed by atoms with Gasteiger partial charge in [0.2, 0.25) is 0 Å². The number of anilines is 1. The number of amides is 2. The van der Waals surface area contributed by atoms with Gasteiger partial charge < -0.3 is 4.90 Å². The zero-order valence-corrected chi connectivity index (χ0v) is 9.74. The Labute approximate surface area is 90.1 Å². The second-order valence-corrected chi connectivity index (χ2v) is 3.40. The lowest BCUT2D eigenvalue weighted by molar-refractivity contribution is 0.217. The van der Waals surface area contributed by atoms with Gasteiger partial charge in [0, 0.05) is 26.2 Å². The van der Waals surface area contributed by atoms with E-state index in [2.05, 4.69) is 10.4 Å². The summed E-state index contributed by atoms with van der Waals surface area (Å²) in [4.78, 5) is 13.4. The van der Waals surface area contributed by atoms with Crippen molar-refractivity contribution in [3.63, 3.8) is 0 Å². The predicted molar refractivity (Wildman–Crippen MR) is 59.9 cm³/mol. The number of carbonyl (C=O) groups excluding carboxylic acids is 1. The molecule has 5 nitrogen and oxygen atoms in total. The van der Waals surface area contributed by atoms with E-state index in [-0.39, 0.29) is 6.03 Å². The van der Waals surface area contributed by atoms with E-state index in [0.29, 0.717) is 13.1 Å². The van der Waals surface area contributed by atoms with Crippen molar-refractivity contribution in [2.24, 2.45) is 7.05 Å². The number of hydrogen-bond acceptors (Lipinski definition) is 2. The minimum atomic E-state index is -0.0806. The molecule has 0 saturated carbocycles. The number of urea groups is 1. The molecule has 15 heavy (non-hydrogen) atoms. The van der Waals surface area contributed by atoms with E-state index in [0.717, 1.165) is 11.5 Å². The number of hydrogen-bond donors (Lipinski definition) is 1. The van der Waals surface area contributed by atoms with Gasteiger partial charge >= 0.3 is 6.03 Å². The van der Waals surface area contributed by atoms with Crippen molar-refractivity contribution in [3.05, 3.63) is 11.8 Å². The molecule has 0 radical (unpaired) electrons. The Morgan fingerprint density at radius 2 is 2.13 bits per heavy atom. The van der Waals surface area contributed by atoms with E-state index >= 15 is 0 Å². The molecule has 0 aliphatic rings. The van der Waals surface area contributed by atoms with Crippen LogP contribution in [0, 0.1) is 6.92 Å². The first-order valence-corrected chi connectivity index (χ1v) is 5.15. The molecule has 0 saturated heterocycles. The molecule has 2 amide bonds. The van der Waals surface area contributed by atoms with Gasteiger partial charge in [0.25, 0.3) is 0 Å². The maximum absolute atomic E-state index is 11.7. The number of nitrogens with zero attached hydrogens (tertiary/aromatic N) is 3. The molecule has 0 spiro atoms. The Kier molecular flexibility index (Phi) is 3.71. The van der Waals surface area contributed by atoms with Gasteiger partial charge in [-0.05, 0) is 20.8 Å². The largest absolute Gasteiger partial charge is 0.325 e. The maximum Gasteiger partial charge on any atom is 0.322 e. The van der Waals surface area contributed by atoms with E-state index in [1.165, 1.54) is 0 Å². The highest BCUT2D eigenvalue weighted by atomic mass is 16.2. The van der Waals surface area contributed by atoms with Crippen molar-refractivity contribution in [2.45, 2.75) is 20.8 Å². The van der Waals surface area contributed by atoms with Crippen molar-refractivity contribution < 1.29 is 4.79 Å². The Bertz CT molecular complexity index is 341. The van der Waals surface area contributed by atoms with Crippen molar-refractivity contribution in [3.8, 4) is 0 Å². The first-order valence-electron chi connectivity index (χ1n) is 5.15. The van der Waals surface area contributed by atoms with Crippen LogP contribution in [0.3, 0.4) is 0 Å². The molecular weight excluding hydrogens is 192 g/mol. The number of aromatic nitrogens is 2. The van der Waals surface area contributed by atoms with Crippen LogP contribution in [-0.4, -0.2) is 33.8 Å². The Hall–Kier alpha value is -1.52. The van der Waals surface area contributed by atoms with Crippen LogP contribution in [0.1, 0.15) is 19.5 Å². The van der Waals surface area contributed by atoms with Crippen LogP contribution in [0.15, 0.2) is 6.07 Å². The second kappa shape index (κ2) is 4.82. The molecule has 84 valence electrons.